The van der Waals surface area contributed by atoms with Crippen LogP contribution in [0.1, 0.15) is 5.56 Å². The summed E-state index contributed by atoms with van der Waals surface area (Å²) in [4.78, 5) is 2.86. The number of hydrogen-bond acceptors (Lipinski definition) is 3. The molecule has 0 radical (unpaired) electrons. The summed E-state index contributed by atoms with van der Waals surface area (Å²) in [6.45, 7) is -0.251. The maximum absolute atomic E-state index is 12.0. The van der Waals surface area contributed by atoms with Crippen LogP contribution >= 0.6 is 0 Å². The minimum Gasteiger partial charge on any atom is -0.395 e. The van der Waals surface area contributed by atoms with Gasteiger partial charge in [0.05, 0.1) is 11.5 Å². The first-order chi connectivity index (χ1) is 9.12. The molecule has 0 spiro atoms. The predicted octanol–water partition coefficient (Wildman–Crippen LogP) is 0.897. The molecule has 2 rings (SSSR count). The van der Waals surface area contributed by atoms with Crippen molar-refractivity contribution in [1.82, 2.24) is 9.71 Å². The van der Waals surface area contributed by atoms with E-state index in [4.69, 9.17) is 0 Å². The second-order valence-corrected chi connectivity index (χ2v) is 5.95. The molecule has 0 aliphatic heterocycles. The molecule has 0 aliphatic carbocycles. The molecule has 0 saturated heterocycles. The maximum Gasteiger partial charge on any atom is 0.242 e. The molecule has 1 aromatic carbocycles. The van der Waals surface area contributed by atoms with E-state index < -0.39 is 16.1 Å². The molecule has 0 aliphatic rings. The van der Waals surface area contributed by atoms with Crippen LogP contribution in [0, 0.1) is 0 Å². The second-order valence-electron chi connectivity index (χ2n) is 4.24. The molecule has 0 amide bonds. The third kappa shape index (κ3) is 3.66. The van der Waals surface area contributed by atoms with Crippen molar-refractivity contribution in [2.75, 3.05) is 6.61 Å². The molecule has 0 saturated carbocycles. The van der Waals surface area contributed by atoms with Gasteiger partial charge in [0.1, 0.15) is 0 Å². The molecule has 3 N–H and O–H groups in total. The minimum absolute atomic E-state index is 0.166. The third-order valence-electron chi connectivity index (χ3n) is 2.75. The Morgan fingerprint density at radius 3 is 2.53 bits per heavy atom. The molecule has 1 aromatic heterocycles. The number of aromatic amines is 1. The van der Waals surface area contributed by atoms with Crippen LogP contribution in [0.15, 0.2) is 53.7 Å². The first-order valence-electron chi connectivity index (χ1n) is 5.92. The smallest absolute Gasteiger partial charge is 0.242 e. The van der Waals surface area contributed by atoms with Gasteiger partial charge < -0.3 is 10.1 Å². The molecule has 0 bridgehead atoms. The maximum atomic E-state index is 12.0. The van der Waals surface area contributed by atoms with Crippen LogP contribution in [0.4, 0.5) is 0 Å². The SMILES string of the molecule is O=S(=O)(N[C@H](CO)Cc1ccccc1)c1cc[nH]c1. The molecule has 2 aromatic rings. The summed E-state index contributed by atoms with van der Waals surface area (Å²) in [5.41, 5.74) is 0.971. The third-order valence-corrected chi connectivity index (χ3v) is 4.27. The van der Waals surface area contributed by atoms with Crippen LogP contribution in [0.25, 0.3) is 0 Å². The van der Waals surface area contributed by atoms with Gasteiger partial charge in [-0.2, -0.15) is 0 Å². The molecule has 5 nitrogen and oxygen atoms in total. The van der Waals surface area contributed by atoms with Gasteiger partial charge >= 0.3 is 0 Å². The monoisotopic (exact) mass is 280 g/mol. The van der Waals surface area contributed by atoms with Gasteiger partial charge in [-0.25, -0.2) is 13.1 Å². The van der Waals surface area contributed by atoms with E-state index in [1.807, 2.05) is 30.3 Å². The molecule has 19 heavy (non-hydrogen) atoms. The van der Waals surface area contributed by atoms with Crippen LogP contribution < -0.4 is 4.72 Å². The lowest BCUT2D eigenvalue weighted by molar-refractivity contribution is 0.256. The number of rotatable bonds is 6. The van der Waals surface area contributed by atoms with Gasteiger partial charge in [0.2, 0.25) is 10.0 Å². The fourth-order valence-corrected chi connectivity index (χ4v) is 3.01. The van der Waals surface area contributed by atoms with E-state index in [0.29, 0.717) is 6.42 Å². The number of aliphatic hydroxyl groups excluding tert-OH is 1. The summed E-state index contributed by atoms with van der Waals surface area (Å²) >= 11 is 0. The van der Waals surface area contributed by atoms with Gasteiger partial charge in [0.25, 0.3) is 0 Å². The highest BCUT2D eigenvalue weighted by Gasteiger charge is 2.20. The highest BCUT2D eigenvalue weighted by atomic mass is 32.2. The zero-order valence-corrected chi connectivity index (χ0v) is 11.1. The summed E-state index contributed by atoms with van der Waals surface area (Å²) in [7, 11) is -3.59. The summed E-state index contributed by atoms with van der Waals surface area (Å²) in [6, 6.07) is 10.4. The van der Waals surface area contributed by atoms with Crippen molar-refractivity contribution in [2.24, 2.45) is 0 Å². The molecule has 0 unspecified atom stereocenters. The van der Waals surface area contributed by atoms with E-state index in [-0.39, 0.29) is 11.5 Å². The van der Waals surface area contributed by atoms with Crippen molar-refractivity contribution in [3.8, 4) is 0 Å². The first-order valence-corrected chi connectivity index (χ1v) is 7.40. The van der Waals surface area contributed by atoms with Crippen molar-refractivity contribution in [2.45, 2.75) is 17.4 Å². The number of hydrogen-bond donors (Lipinski definition) is 3. The average Bonchev–Trinajstić information content (AvgIpc) is 2.93. The highest BCUT2D eigenvalue weighted by Crippen LogP contribution is 2.09. The summed E-state index contributed by atoms with van der Waals surface area (Å²) in [5, 5.41) is 9.31. The Morgan fingerprint density at radius 1 is 1.21 bits per heavy atom. The second kappa shape index (κ2) is 6.01. The fraction of sp³-hybridized carbons (Fsp3) is 0.231. The Balaban J connectivity index is 2.08. The van der Waals surface area contributed by atoms with Gasteiger partial charge in [0.15, 0.2) is 0 Å². The molecular formula is C13H16N2O3S. The number of nitrogens with one attached hydrogen (secondary N) is 2. The minimum atomic E-state index is -3.59. The fourth-order valence-electron chi connectivity index (χ4n) is 1.81. The van der Waals surface area contributed by atoms with Gasteiger partial charge in [0, 0.05) is 18.4 Å². The summed E-state index contributed by atoms with van der Waals surface area (Å²) < 4.78 is 26.5. The van der Waals surface area contributed by atoms with Gasteiger partial charge in [-0.1, -0.05) is 30.3 Å². The van der Waals surface area contributed by atoms with Crippen LogP contribution in [0.5, 0.6) is 0 Å². The molecule has 102 valence electrons. The molecule has 1 atom stereocenters. The molecule has 6 heteroatoms. The zero-order valence-electron chi connectivity index (χ0n) is 10.3. The zero-order chi connectivity index (χ0) is 13.7. The number of aromatic nitrogens is 1. The van der Waals surface area contributed by atoms with Gasteiger partial charge in [-0.3, -0.25) is 0 Å². The van der Waals surface area contributed by atoms with Crippen molar-refractivity contribution in [3.05, 3.63) is 54.4 Å². The number of H-pyrrole nitrogens is 1. The van der Waals surface area contributed by atoms with E-state index in [0.717, 1.165) is 5.56 Å². The van der Waals surface area contributed by atoms with Crippen molar-refractivity contribution in [1.29, 1.82) is 0 Å². The standard InChI is InChI=1S/C13H16N2O3S/c16-10-12(8-11-4-2-1-3-5-11)15-19(17,18)13-6-7-14-9-13/h1-7,9,12,14-16H,8,10H2/t12-/m0/s1. The van der Waals surface area contributed by atoms with Crippen LogP contribution in [0.2, 0.25) is 0 Å². The van der Waals surface area contributed by atoms with Gasteiger partial charge in [-0.15, -0.1) is 0 Å². The normalized spacial score (nSPS) is 13.3. The first kappa shape index (κ1) is 13.8. The van der Waals surface area contributed by atoms with Gasteiger partial charge in [-0.05, 0) is 18.1 Å². The number of aliphatic hydroxyl groups is 1. The van der Waals surface area contributed by atoms with E-state index in [1.54, 1.807) is 6.20 Å². The molecule has 0 fully saturated rings. The highest BCUT2D eigenvalue weighted by molar-refractivity contribution is 7.89. The van der Waals surface area contributed by atoms with E-state index in [2.05, 4.69) is 9.71 Å². The number of sulfonamides is 1. The lowest BCUT2D eigenvalue weighted by Crippen LogP contribution is -2.38. The number of benzene rings is 1. The molecule has 1 heterocycles. The Labute approximate surface area is 112 Å². The largest absolute Gasteiger partial charge is 0.395 e. The Kier molecular flexibility index (Phi) is 4.36. The van der Waals surface area contributed by atoms with Crippen molar-refractivity contribution < 1.29 is 13.5 Å². The average molecular weight is 280 g/mol. The lowest BCUT2D eigenvalue weighted by atomic mass is 10.1. The van der Waals surface area contributed by atoms with E-state index >= 15 is 0 Å². The van der Waals surface area contributed by atoms with Crippen molar-refractivity contribution in [3.63, 3.8) is 0 Å². The topological polar surface area (TPSA) is 82.2 Å². The van der Waals surface area contributed by atoms with Crippen LogP contribution in [-0.2, 0) is 16.4 Å². The lowest BCUT2D eigenvalue weighted by Gasteiger charge is -2.15. The molecular weight excluding hydrogens is 264 g/mol. The van der Waals surface area contributed by atoms with E-state index in [1.165, 1.54) is 12.3 Å². The van der Waals surface area contributed by atoms with Crippen LogP contribution in [-0.4, -0.2) is 31.2 Å². The van der Waals surface area contributed by atoms with Crippen LogP contribution in [0.3, 0.4) is 0 Å². The predicted molar refractivity (Wildman–Crippen MR) is 72.1 cm³/mol. The van der Waals surface area contributed by atoms with E-state index in [9.17, 15) is 13.5 Å². The quantitative estimate of drug-likeness (QED) is 0.735. The summed E-state index contributed by atoms with van der Waals surface area (Å²) in [6.07, 6.45) is 3.39. The Morgan fingerprint density at radius 2 is 1.95 bits per heavy atom. The van der Waals surface area contributed by atoms with Crippen molar-refractivity contribution >= 4 is 10.0 Å². The summed E-state index contributed by atoms with van der Waals surface area (Å²) in [5.74, 6) is 0. The Bertz CT molecular complexity index is 594. The Hall–Kier alpha value is -1.63.